The van der Waals surface area contributed by atoms with Gasteiger partial charge in [-0.05, 0) is 19.1 Å². The molecule has 5 nitrogen and oxygen atoms in total. The van der Waals surface area contributed by atoms with E-state index in [2.05, 4.69) is 35.5 Å². The lowest BCUT2D eigenvalue weighted by Crippen LogP contribution is -2.49. The van der Waals surface area contributed by atoms with Crippen molar-refractivity contribution in [2.24, 2.45) is 0 Å². The summed E-state index contributed by atoms with van der Waals surface area (Å²) in [5, 5.41) is 5.85. The van der Waals surface area contributed by atoms with Crippen molar-refractivity contribution in [2.45, 2.75) is 44.4 Å². The summed E-state index contributed by atoms with van der Waals surface area (Å²) in [7, 11) is 1.32. The number of hydrogen-bond acceptors (Lipinski definition) is 5. The largest absolute Gasteiger partial charge is 0.467 e. The highest BCUT2D eigenvalue weighted by molar-refractivity contribution is 8.00. The van der Waals surface area contributed by atoms with Crippen LogP contribution < -0.4 is 10.6 Å². The predicted octanol–water partition coefficient (Wildman–Crippen LogP) is 1.18. The number of rotatable bonds is 9. The minimum atomic E-state index is -0.629. The Labute approximate surface area is 120 Å². The van der Waals surface area contributed by atoms with Crippen LogP contribution in [0.3, 0.4) is 0 Å². The number of methoxy groups -OCH3 is 1. The average Bonchev–Trinajstić information content (AvgIpc) is 2.41. The van der Waals surface area contributed by atoms with Gasteiger partial charge in [-0.2, -0.15) is 11.8 Å². The first-order chi connectivity index (χ1) is 8.94. The van der Waals surface area contributed by atoms with E-state index in [1.165, 1.54) is 14.0 Å². The van der Waals surface area contributed by atoms with Crippen molar-refractivity contribution in [3.8, 4) is 0 Å². The molecule has 1 amide bonds. The smallest absolute Gasteiger partial charge is 0.329 e. The number of hydrogen-bond donors (Lipinski definition) is 2. The number of carbonyl (C=O) groups excluding carboxylic acids is 2. The van der Waals surface area contributed by atoms with Crippen LogP contribution in [0.25, 0.3) is 0 Å². The van der Waals surface area contributed by atoms with Crippen molar-refractivity contribution in [1.29, 1.82) is 0 Å². The zero-order chi connectivity index (χ0) is 14.9. The van der Waals surface area contributed by atoms with E-state index in [1.807, 2.05) is 11.8 Å². The van der Waals surface area contributed by atoms with Crippen LogP contribution in [0.1, 0.15) is 33.6 Å². The number of ether oxygens (including phenoxy) is 1. The molecule has 0 aliphatic heterocycles. The Hall–Kier alpha value is -0.750. The summed E-state index contributed by atoms with van der Waals surface area (Å²) >= 11 is 1.83. The maximum Gasteiger partial charge on any atom is 0.329 e. The third kappa shape index (κ3) is 6.29. The molecule has 1 atom stereocenters. The number of nitrogens with one attached hydrogen (secondary N) is 2. The van der Waals surface area contributed by atoms with Gasteiger partial charge >= 0.3 is 5.97 Å². The summed E-state index contributed by atoms with van der Waals surface area (Å²) < 4.78 is 4.85. The molecule has 0 rings (SSSR count). The Balaban J connectivity index is 4.39. The normalized spacial score (nSPS) is 12.9. The van der Waals surface area contributed by atoms with Crippen LogP contribution >= 0.6 is 11.8 Å². The summed E-state index contributed by atoms with van der Waals surface area (Å²) in [6.07, 6.45) is 4.21. The van der Waals surface area contributed by atoms with Crippen molar-refractivity contribution >= 4 is 23.6 Å². The topological polar surface area (TPSA) is 67.4 Å². The Morgan fingerprint density at radius 1 is 1.32 bits per heavy atom. The molecule has 0 aromatic heterocycles. The maximum absolute atomic E-state index is 11.5. The molecule has 0 aromatic rings. The maximum atomic E-state index is 11.5. The van der Waals surface area contributed by atoms with Crippen molar-refractivity contribution in [3.05, 3.63) is 0 Å². The van der Waals surface area contributed by atoms with Gasteiger partial charge in [-0.3, -0.25) is 4.79 Å². The van der Waals surface area contributed by atoms with Crippen LogP contribution in [0.4, 0.5) is 0 Å². The molecule has 0 aliphatic rings. The zero-order valence-electron chi connectivity index (χ0n) is 12.5. The Morgan fingerprint density at radius 2 is 1.89 bits per heavy atom. The van der Waals surface area contributed by atoms with Gasteiger partial charge in [0, 0.05) is 24.8 Å². The fraction of sp³-hybridized carbons (Fsp3) is 0.846. The molecule has 0 aromatic carbocycles. The fourth-order valence-electron chi connectivity index (χ4n) is 1.89. The summed E-state index contributed by atoms with van der Waals surface area (Å²) in [5.41, 5.74) is 0. The highest BCUT2D eigenvalue weighted by Crippen LogP contribution is 2.29. The Kier molecular flexibility index (Phi) is 8.84. The first-order valence-corrected chi connectivity index (χ1v) is 7.78. The van der Waals surface area contributed by atoms with E-state index in [9.17, 15) is 9.59 Å². The summed E-state index contributed by atoms with van der Waals surface area (Å²) in [4.78, 5) is 22.6. The summed E-state index contributed by atoms with van der Waals surface area (Å²) in [6.45, 7) is 6.89. The molecule has 0 saturated carbocycles. The third-order valence-electron chi connectivity index (χ3n) is 3.38. The number of carbonyl (C=O) groups is 2. The molecule has 2 N–H and O–H groups in total. The molecular formula is C13H26N2O3S. The van der Waals surface area contributed by atoms with E-state index in [0.29, 0.717) is 6.54 Å². The SMILES string of the molecule is CCC(CC)(CNCC(NC(C)=O)C(=O)OC)SC. The standard InChI is InChI=1S/C13H26N2O3S/c1-6-13(7-2,19-5)9-14-8-11(12(17)18-4)15-10(3)16/h11,14H,6-9H2,1-5H3,(H,15,16). The van der Waals surface area contributed by atoms with Gasteiger partial charge < -0.3 is 15.4 Å². The van der Waals surface area contributed by atoms with Crippen molar-refractivity contribution in [2.75, 3.05) is 26.5 Å². The molecule has 19 heavy (non-hydrogen) atoms. The van der Waals surface area contributed by atoms with Gasteiger partial charge in [0.2, 0.25) is 5.91 Å². The molecule has 0 aliphatic carbocycles. The van der Waals surface area contributed by atoms with Gasteiger partial charge in [0.05, 0.1) is 7.11 Å². The molecule has 0 saturated heterocycles. The van der Waals surface area contributed by atoms with E-state index in [-0.39, 0.29) is 10.7 Å². The number of thioether (sulfide) groups is 1. The Morgan fingerprint density at radius 3 is 2.26 bits per heavy atom. The van der Waals surface area contributed by atoms with Gasteiger partial charge in [-0.1, -0.05) is 13.8 Å². The highest BCUT2D eigenvalue weighted by atomic mass is 32.2. The van der Waals surface area contributed by atoms with Gasteiger partial charge in [0.1, 0.15) is 6.04 Å². The molecule has 0 bridgehead atoms. The van der Waals surface area contributed by atoms with Crippen LogP contribution in [0.15, 0.2) is 0 Å². The Bertz CT molecular complexity index is 285. The molecule has 0 fully saturated rings. The zero-order valence-corrected chi connectivity index (χ0v) is 13.4. The second-order valence-corrected chi connectivity index (χ2v) is 5.78. The predicted molar refractivity (Wildman–Crippen MR) is 79.3 cm³/mol. The number of amides is 1. The van der Waals surface area contributed by atoms with Crippen LogP contribution in [0, 0.1) is 0 Å². The molecule has 112 valence electrons. The molecule has 6 heteroatoms. The van der Waals surface area contributed by atoms with Gasteiger partial charge in [-0.25, -0.2) is 4.79 Å². The number of esters is 1. The van der Waals surface area contributed by atoms with Crippen molar-refractivity contribution in [1.82, 2.24) is 10.6 Å². The molecule has 1 unspecified atom stereocenters. The molecule has 0 spiro atoms. The molecule has 0 radical (unpaired) electrons. The second kappa shape index (κ2) is 9.20. The van der Waals surface area contributed by atoms with Gasteiger partial charge in [0.15, 0.2) is 0 Å². The van der Waals surface area contributed by atoms with E-state index < -0.39 is 12.0 Å². The minimum Gasteiger partial charge on any atom is -0.467 e. The van der Waals surface area contributed by atoms with Crippen LogP contribution in [0.2, 0.25) is 0 Å². The van der Waals surface area contributed by atoms with E-state index in [4.69, 9.17) is 0 Å². The second-order valence-electron chi connectivity index (χ2n) is 4.50. The van der Waals surface area contributed by atoms with E-state index >= 15 is 0 Å². The summed E-state index contributed by atoms with van der Waals surface area (Å²) in [6, 6.07) is -0.629. The average molecular weight is 290 g/mol. The van der Waals surface area contributed by atoms with Crippen molar-refractivity contribution in [3.63, 3.8) is 0 Å². The van der Waals surface area contributed by atoms with Gasteiger partial charge in [-0.15, -0.1) is 0 Å². The highest BCUT2D eigenvalue weighted by Gasteiger charge is 2.26. The van der Waals surface area contributed by atoms with Crippen LogP contribution in [0.5, 0.6) is 0 Å². The first kappa shape index (κ1) is 18.2. The van der Waals surface area contributed by atoms with E-state index in [0.717, 1.165) is 19.4 Å². The van der Waals surface area contributed by atoms with Crippen LogP contribution in [-0.4, -0.2) is 49.1 Å². The van der Waals surface area contributed by atoms with Crippen molar-refractivity contribution < 1.29 is 14.3 Å². The monoisotopic (exact) mass is 290 g/mol. The molecular weight excluding hydrogens is 264 g/mol. The fourth-order valence-corrected chi connectivity index (χ4v) is 2.71. The summed E-state index contributed by atoms with van der Waals surface area (Å²) in [5.74, 6) is -0.662. The lowest BCUT2D eigenvalue weighted by atomic mass is 10.0. The minimum absolute atomic E-state index is 0.177. The lowest BCUT2D eigenvalue weighted by Gasteiger charge is -2.30. The van der Waals surface area contributed by atoms with Crippen LogP contribution in [-0.2, 0) is 14.3 Å². The molecule has 0 heterocycles. The third-order valence-corrected chi connectivity index (χ3v) is 4.97. The van der Waals surface area contributed by atoms with E-state index in [1.54, 1.807) is 0 Å². The van der Waals surface area contributed by atoms with Gasteiger partial charge in [0.25, 0.3) is 0 Å². The quantitative estimate of drug-likeness (QED) is 0.624. The lowest BCUT2D eigenvalue weighted by molar-refractivity contribution is -0.144. The first-order valence-electron chi connectivity index (χ1n) is 6.55.